The number of hydrogen-bond donors (Lipinski definition) is 4. The molecule has 190 valence electrons. The lowest BCUT2D eigenvalue weighted by Gasteiger charge is -2.25. The van der Waals surface area contributed by atoms with Gasteiger partial charge in [-0.25, -0.2) is 4.98 Å². The summed E-state index contributed by atoms with van der Waals surface area (Å²) in [6.07, 6.45) is 5.91. The van der Waals surface area contributed by atoms with Gasteiger partial charge in [0.05, 0.1) is 12.5 Å². The number of benzene rings is 1. The van der Waals surface area contributed by atoms with Gasteiger partial charge in [-0.1, -0.05) is 24.3 Å². The summed E-state index contributed by atoms with van der Waals surface area (Å²) in [5.74, 6) is -2.20. The number of anilines is 1. The number of aromatic amines is 1. The van der Waals surface area contributed by atoms with Crippen molar-refractivity contribution in [2.75, 3.05) is 18.8 Å². The number of rotatable bonds is 13. The van der Waals surface area contributed by atoms with Crippen LogP contribution in [0.25, 0.3) is 10.9 Å². The third kappa shape index (κ3) is 6.91. The summed E-state index contributed by atoms with van der Waals surface area (Å²) in [6.45, 7) is -0.111. The molecule has 1 aliphatic rings. The quantitative estimate of drug-likeness (QED) is 0.288. The van der Waals surface area contributed by atoms with Crippen molar-refractivity contribution in [2.24, 2.45) is 5.92 Å². The molecule has 3 aromatic rings. The van der Waals surface area contributed by atoms with Crippen molar-refractivity contribution in [3.05, 3.63) is 59.9 Å². The molecule has 0 unspecified atom stereocenters. The Hall–Kier alpha value is -3.72. The van der Waals surface area contributed by atoms with Crippen LogP contribution in [0, 0.1) is 5.92 Å². The maximum Gasteiger partial charge on any atom is 0.308 e. The van der Waals surface area contributed by atoms with Gasteiger partial charge in [-0.2, -0.15) is 0 Å². The van der Waals surface area contributed by atoms with Gasteiger partial charge in [0.1, 0.15) is 5.82 Å². The fourth-order valence-electron chi connectivity index (χ4n) is 4.33. The van der Waals surface area contributed by atoms with E-state index in [-0.39, 0.29) is 31.3 Å². The number of para-hydroxylation sites is 1. The van der Waals surface area contributed by atoms with Gasteiger partial charge in [-0.15, -0.1) is 0 Å². The van der Waals surface area contributed by atoms with Crippen LogP contribution < -0.4 is 11.1 Å². The zero-order valence-electron chi connectivity index (χ0n) is 20.3. The smallest absolute Gasteiger partial charge is 0.308 e. The number of nitrogens with two attached hydrogens (primary N) is 1. The van der Waals surface area contributed by atoms with Crippen molar-refractivity contribution in [3.8, 4) is 0 Å². The van der Waals surface area contributed by atoms with E-state index >= 15 is 0 Å². The molecule has 0 aliphatic heterocycles. The van der Waals surface area contributed by atoms with Gasteiger partial charge in [0, 0.05) is 41.8 Å². The van der Waals surface area contributed by atoms with Crippen LogP contribution in [0.5, 0.6) is 0 Å². The molecule has 9 heteroatoms. The Morgan fingerprint density at radius 3 is 2.67 bits per heavy atom. The summed E-state index contributed by atoms with van der Waals surface area (Å²) in [5.41, 5.74) is 8.51. The number of nitrogens with zero attached hydrogens (tertiary/aromatic N) is 2. The number of aliphatic carboxylic acids is 1. The van der Waals surface area contributed by atoms with Gasteiger partial charge in [0.25, 0.3) is 0 Å². The predicted molar refractivity (Wildman–Crippen MR) is 137 cm³/mol. The molecule has 0 saturated heterocycles. The minimum Gasteiger partial charge on any atom is -0.481 e. The number of aryl methyl sites for hydroxylation is 2. The highest BCUT2D eigenvalue weighted by atomic mass is 16.4. The minimum atomic E-state index is -1.01. The van der Waals surface area contributed by atoms with Crippen LogP contribution >= 0.6 is 0 Å². The third-order valence-electron chi connectivity index (χ3n) is 6.56. The molecule has 2 amide bonds. The molecule has 1 atom stereocenters. The molecular formula is C27H33N5O4. The van der Waals surface area contributed by atoms with Crippen molar-refractivity contribution >= 4 is 34.5 Å². The van der Waals surface area contributed by atoms with Crippen LogP contribution in [0.3, 0.4) is 0 Å². The molecule has 2 aromatic heterocycles. The molecule has 0 bridgehead atoms. The van der Waals surface area contributed by atoms with Gasteiger partial charge >= 0.3 is 5.97 Å². The van der Waals surface area contributed by atoms with E-state index in [9.17, 15) is 19.5 Å². The first-order valence-corrected chi connectivity index (χ1v) is 12.5. The van der Waals surface area contributed by atoms with Crippen LogP contribution in [0.15, 0.2) is 48.7 Å². The SMILES string of the molecule is Nc1cccc(CCCC(=O)N(C[C@@H](CCc2c[nH]c3ccccc23)C(=O)O)C(=O)CNC2CC2)n1. The van der Waals surface area contributed by atoms with Gasteiger partial charge in [0.15, 0.2) is 0 Å². The number of amides is 2. The normalized spacial score (nSPS) is 14.0. The monoisotopic (exact) mass is 491 g/mol. The summed E-state index contributed by atoms with van der Waals surface area (Å²) in [4.78, 5) is 46.8. The summed E-state index contributed by atoms with van der Waals surface area (Å²) >= 11 is 0. The number of carbonyl (C=O) groups excluding carboxylic acids is 2. The number of aromatic nitrogens is 2. The predicted octanol–water partition coefficient (Wildman–Crippen LogP) is 2.91. The number of carbonyl (C=O) groups is 3. The van der Waals surface area contributed by atoms with Crippen molar-refractivity contribution in [1.82, 2.24) is 20.2 Å². The minimum absolute atomic E-state index is 0.0297. The zero-order chi connectivity index (χ0) is 25.5. The standard InChI is InChI=1S/C27H33N5O4/c28-24-9-3-5-21(31-24)6-4-10-25(33)32(26(34)16-29-20-13-14-20)17-19(27(35)36)12-11-18-15-30-23-8-2-1-7-22(18)23/h1-3,5,7-9,15,19-20,29-30H,4,6,10-14,16-17H2,(H2,28,31)(H,35,36)/t19-/m1/s1. The first-order chi connectivity index (χ1) is 17.4. The maximum atomic E-state index is 13.1. The second-order valence-electron chi connectivity index (χ2n) is 9.39. The molecule has 5 N–H and O–H groups in total. The number of fused-ring (bicyclic) bond motifs is 1. The Bertz CT molecular complexity index is 1220. The number of nitrogens with one attached hydrogen (secondary N) is 2. The number of pyridine rings is 1. The van der Waals surface area contributed by atoms with Crippen molar-refractivity contribution in [2.45, 2.75) is 51.0 Å². The van der Waals surface area contributed by atoms with Gasteiger partial charge in [0.2, 0.25) is 11.8 Å². The Morgan fingerprint density at radius 2 is 1.92 bits per heavy atom. The largest absolute Gasteiger partial charge is 0.481 e. The average Bonchev–Trinajstić information content (AvgIpc) is 3.60. The topological polar surface area (TPSA) is 141 Å². The molecular weight excluding hydrogens is 458 g/mol. The molecule has 9 nitrogen and oxygen atoms in total. The van der Waals surface area contributed by atoms with Gasteiger partial charge in [-0.3, -0.25) is 19.3 Å². The molecule has 1 aliphatic carbocycles. The summed E-state index contributed by atoms with van der Waals surface area (Å²) < 4.78 is 0. The Labute approximate surface area is 210 Å². The highest BCUT2D eigenvalue weighted by molar-refractivity contribution is 5.96. The average molecular weight is 492 g/mol. The molecule has 1 saturated carbocycles. The fraction of sp³-hybridized carbons (Fsp3) is 0.407. The summed E-state index contributed by atoms with van der Waals surface area (Å²) in [5, 5.41) is 14.1. The van der Waals surface area contributed by atoms with Crippen LogP contribution in [-0.2, 0) is 27.2 Å². The molecule has 1 fully saturated rings. The Kier molecular flexibility index (Phi) is 8.32. The second kappa shape index (κ2) is 11.8. The number of hydrogen-bond acceptors (Lipinski definition) is 6. The van der Waals surface area contributed by atoms with Crippen LogP contribution in [0.4, 0.5) is 5.82 Å². The zero-order valence-corrected chi connectivity index (χ0v) is 20.3. The lowest BCUT2D eigenvalue weighted by Crippen LogP contribution is -2.46. The third-order valence-corrected chi connectivity index (χ3v) is 6.56. The lowest BCUT2D eigenvalue weighted by atomic mass is 9.98. The van der Waals surface area contributed by atoms with Gasteiger partial charge in [-0.05, 0) is 62.3 Å². The summed E-state index contributed by atoms with van der Waals surface area (Å²) in [7, 11) is 0. The van der Waals surface area contributed by atoms with E-state index in [1.165, 1.54) is 0 Å². The van der Waals surface area contributed by atoms with Gasteiger partial charge < -0.3 is 21.1 Å². The molecule has 4 rings (SSSR count). The highest BCUT2D eigenvalue weighted by Crippen LogP contribution is 2.22. The molecule has 36 heavy (non-hydrogen) atoms. The van der Waals surface area contributed by atoms with Crippen molar-refractivity contribution < 1.29 is 19.5 Å². The first kappa shape index (κ1) is 25.4. The fourth-order valence-corrected chi connectivity index (χ4v) is 4.33. The van der Waals surface area contributed by atoms with Crippen molar-refractivity contribution in [3.63, 3.8) is 0 Å². The van der Waals surface area contributed by atoms with E-state index in [1.54, 1.807) is 6.07 Å². The maximum absolute atomic E-state index is 13.1. The molecule has 0 radical (unpaired) electrons. The Morgan fingerprint density at radius 1 is 1.11 bits per heavy atom. The second-order valence-corrected chi connectivity index (χ2v) is 9.39. The van der Waals surface area contributed by atoms with Crippen molar-refractivity contribution in [1.29, 1.82) is 0 Å². The molecule has 0 spiro atoms. The van der Waals surface area contributed by atoms with E-state index in [4.69, 9.17) is 5.73 Å². The highest BCUT2D eigenvalue weighted by Gasteiger charge is 2.30. The van der Waals surface area contributed by atoms with Crippen LogP contribution in [0.1, 0.15) is 43.4 Å². The number of nitrogen functional groups attached to an aromatic ring is 1. The van der Waals surface area contributed by atoms with E-state index < -0.39 is 11.9 Å². The van der Waals surface area contributed by atoms with Crippen LogP contribution in [-0.4, -0.2) is 56.9 Å². The van der Waals surface area contributed by atoms with Crippen LogP contribution in [0.2, 0.25) is 0 Å². The lowest BCUT2D eigenvalue weighted by molar-refractivity contribution is -0.148. The molecule has 2 heterocycles. The number of carboxylic acids is 1. The first-order valence-electron chi connectivity index (χ1n) is 12.5. The van der Waals surface area contributed by atoms with E-state index in [0.717, 1.165) is 39.9 Å². The summed E-state index contributed by atoms with van der Waals surface area (Å²) in [6, 6.07) is 13.5. The number of H-pyrrole nitrogens is 1. The molecule has 1 aromatic carbocycles. The number of carboxylic acid groups (broad SMARTS) is 1. The number of imide groups is 1. The van der Waals surface area contributed by atoms with E-state index in [2.05, 4.69) is 15.3 Å². The van der Waals surface area contributed by atoms with E-state index in [0.29, 0.717) is 37.5 Å². The van der Waals surface area contributed by atoms with E-state index in [1.807, 2.05) is 42.6 Å². The Balaban J connectivity index is 1.40.